The Labute approximate surface area is 160 Å². The average molecular weight is 381 g/mol. The third-order valence-electron chi connectivity index (χ3n) is 5.47. The number of rotatable bonds is 6. The lowest BCUT2D eigenvalue weighted by Gasteiger charge is -2.35. The normalized spacial score (nSPS) is 28.6. The third-order valence-corrected chi connectivity index (χ3v) is 5.77. The number of likely N-dealkylation sites (tertiary alicyclic amines) is 1. The van der Waals surface area contributed by atoms with Crippen molar-refractivity contribution >= 4 is 17.5 Å². The predicted molar refractivity (Wildman–Crippen MR) is 102 cm³/mol. The minimum atomic E-state index is -0.440. The molecule has 1 amide bonds. The minimum absolute atomic E-state index is 0.0672. The van der Waals surface area contributed by atoms with Gasteiger partial charge in [0.1, 0.15) is 5.75 Å². The fourth-order valence-electron chi connectivity index (χ4n) is 4.30. The standard InChI is InChI=1S/C20H29ClN2O3/c1-3-6-26-20-5-4-14(7-17(20)21)10-23-11-15-8-18(22-13(2)24)19(25)9-16(15)12-23/h4-5,7,15-16,18-19,25H,3,6,8-12H2,1-2H3,(H,22,24)/t15-,16+,18-,19-/m1/s1. The Morgan fingerprint density at radius 2 is 2.08 bits per heavy atom. The monoisotopic (exact) mass is 380 g/mol. The molecule has 1 aromatic rings. The maximum atomic E-state index is 11.3. The molecule has 2 aliphatic rings. The third kappa shape index (κ3) is 4.70. The highest BCUT2D eigenvalue weighted by molar-refractivity contribution is 6.32. The summed E-state index contributed by atoms with van der Waals surface area (Å²) in [6, 6.07) is 5.91. The van der Waals surface area contributed by atoms with Gasteiger partial charge in [-0.05, 0) is 48.8 Å². The van der Waals surface area contributed by atoms with Gasteiger partial charge in [0.25, 0.3) is 0 Å². The zero-order chi connectivity index (χ0) is 18.7. The number of fused-ring (bicyclic) bond motifs is 1. The molecule has 0 bridgehead atoms. The molecule has 1 saturated heterocycles. The summed E-state index contributed by atoms with van der Waals surface area (Å²) in [7, 11) is 0. The van der Waals surface area contributed by atoms with E-state index in [1.54, 1.807) is 0 Å². The Balaban J connectivity index is 1.58. The molecule has 5 nitrogen and oxygen atoms in total. The van der Waals surface area contributed by atoms with Crippen molar-refractivity contribution in [2.24, 2.45) is 11.8 Å². The van der Waals surface area contributed by atoms with Crippen molar-refractivity contribution < 1.29 is 14.6 Å². The highest BCUT2D eigenvalue weighted by atomic mass is 35.5. The molecule has 1 aliphatic carbocycles. The number of hydrogen-bond acceptors (Lipinski definition) is 4. The van der Waals surface area contributed by atoms with E-state index in [0.717, 1.165) is 44.6 Å². The maximum absolute atomic E-state index is 11.3. The minimum Gasteiger partial charge on any atom is -0.492 e. The van der Waals surface area contributed by atoms with E-state index in [9.17, 15) is 9.90 Å². The van der Waals surface area contributed by atoms with Gasteiger partial charge in [0.15, 0.2) is 0 Å². The van der Waals surface area contributed by atoms with Crippen molar-refractivity contribution in [2.45, 2.75) is 51.8 Å². The summed E-state index contributed by atoms with van der Waals surface area (Å²) in [6.45, 7) is 7.09. The van der Waals surface area contributed by atoms with Gasteiger partial charge in [-0.15, -0.1) is 0 Å². The Hall–Kier alpha value is -1.30. The fraction of sp³-hybridized carbons (Fsp3) is 0.650. The second-order valence-corrected chi connectivity index (χ2v) is 8.08. The second-order valence-electron chi connectivity index (χ2n) is 7.67. The molecular weight excluding hydrogens is 352 g/mol. The summed E-state index contributed by atoms with van der Waals surface area (Å²) in [5.74, 6) is 1.70. The van der Waals surface area contributed by atoms with Gasteiger partial charge in [-0.2, -0.15) is 0 Å². The first-order valence-corrected chi connectivity index (χ1v) is 9.92. The molecule has 3 rings (SSSR count). The van der Waals surface area contributed by atoms with Crippen LogP contribution >= 0.6 is 11.6 Å². The molecule has 6 heteroatoms. The van der Waals surface area contributed by atoms with Crippen LogP contribution in [0.5, 0.6) is 5.75 Å². The van der Waals surface area contributed by atoms with E-state index < -0.39 is 6.10 Å². The van der Waals surface area contributed by atoms with Gasteiger partial charge in [0.05, 0.1) is 23.8 Å². The molecule has 4 atom stereocenters. The highest BCUT2D eigenvalue weighted by Crippen LogP contribution is 2.37. The molecule has 26 heavy (non-hydrogen) atoms. The van der Waals surface area contributed by atoms with Crippen molar-refractivity contribution in [2.75, 3.05) is 19.7 Å². The van der Waals surface area contributed by atoms with Crippen LogP contribution in [-0.2, 0) is 11.3 Å². The van der Waals surface area contributed by atoms with Crippen molar-refractivity contribution in [1.29, 1.82) is 0 Å². The highest BCUT2D eigenvalue weighted by Gasteiger charge is 2.41. The van der Waals surface area contributed by atoms with Crippen LogP contribution < -0.4 is 10.1 Å². The van der Waals surface area contributed by atoms with Crippen LogP contribution in [0.4, 0.5) is 0 Å². The van der Waals surface area contributed by atoms with Gasteiger partial charge in [-0.1, -0.05) is 24.6 Å². The first-order chi connectivity index (χ1) is 12.5. The lowest BCUT2D eigenvalue weighted by atomic mass is 9.77. The Morgan fingerprint density at radius 3 is 2.73 bits per heavy atom. The summed E-state index contributed by atoms with van der Waals surface area (Å²) < 4.78 is 5.64. The number of nitrogens with zero attached hydrogens (tertiary/aromatic N) is 1. The molecule has 0 spiro atoms. The van der Waals surface area contributed by atoms with Gasteiger partial charge >= 0.3 is 0 Å². The number of hydrogen-bond donors (Lipinski definition) is 2. The summed E-state index contributed by atoms with van der Waals surface area (Å²) >= 11 is 6.34. The number of halogens is 1. The first-order valence-electron chi connectivity index (χ1n) is 9.55. The molecule has 144 valence electrons. The maximum Gasteiger partial charge on any atom is 0.217 e. The molecule has 1 aliphatic heterocycles. The molecule has 1 heterocycles. The van der Waals surface area contributed by atoms with Crippen LogP contribution in [0.1, 0.15) is 38.7 Å². The number of ether oxygens (including phenoxy) is 1. The Morgan fingerprint density at radius 1 is 1.35 bits per heavy atom. The smallest absolute Gasteiger partial charge is 0.217 e. The van der Waals surface area contributed by atoms with E-state index in [4.69, 9.17) is 16.3 Å². The summed E-state index contributed by atoms with van der Waals surface area (Å²) in [4.78, 5) is 13.8. The lowest BCUT2D eigenvalue weighted by Crippen LogP contribution is -2.48. The molecule has 1 aromatic carbocycles. The first kappa shape index (κ1) is 19.5. The summed E-state index contributed by atoms with van der Waals surface area (Å²) in [5, 5.41) is 13.9. The Bertz CT molecular complexity index is 639. The zero-order valence-electron chi connectivity index (χ0n) is 15.6. The van der Waals surface area contributed by atoms with E-state index in [1.807, 2.05) is 12.1 Å². The van der Waals surface area contributed by atoms with Gasteiger partial charge in [-0.25, -0.2) is 0 Å². The number of benzene rings is 1. The number of aliphatic hydroxyl groups is 1. The van der Waals surface area contributed by atoms with Crippen molar-refractivity contribution in [3.63, 3.8) is 0 Å². The predicted octanol–water partition coefficient (Wildman–Crippen LogP) is 2.84. The SMILES string of the molecule is CCCOc1ccc(CN2C[C@H]3C[C@@H](NC(C)=O)[C@H](O)C[C@H]3C2)cc1Cl. The van der Waals surface area contributed by atoms with E-state index >= 15 is 0 Å². The largest absolute Gasteiger partial charge is 0.492 e. The van der Waals surface area contributed by atoms with E-state index in [-0.39, 0.29) is 11.9 Å². The van der Waals surface area contributed by atoms with Crippen LogP contribution in [0, 0.1) is 11.8 Å². The van der Waals surface area contributed by atoms with Crippen LogP contribution in [-0.4, -0.2) is 47.8 Å². The molecule has 0 unspecified atom stereocenters. The van der Waals surface area contributed by atoms with Crippen LogP contribution in [0.2, 0.25) is 5.02 Å². The van der Waals surface area contributed by atoms with Crippen LogP contribution in [0.25, 0.3) is 0 Å². The molecule has 2 N–H and O–H groups in total. The Kier molecular flexibility index (Phi) is 6.43. The van der Waals surface area contributed by atoms with Crippen molar-refractivity contribution in [1.82, 2.24) is 10.2 Å². The quantitative estimate of drug-likeness (QED) is 0.796. The van der Waals surface area contributed by atoms with E-state index in [2.05, 4.69) is 23.2 Å². The van der Waals surface area contributed by atoms with Crippen molar-refractivity contribution in [3.8, 4) is 5.75 Å². The average Bonchev–Trinajstić information content (AvgIpc) is 2.95. The van der Waals surface area contributed by atoms with Gasteiger partial charge in [0, 0.05) is 26.6 Å². The van der Waals surface area contributed by atoms with E-state index in [1.165, 1.54) is 12.5 Å². The van der Waals surface area contributed by atoms with Gasteiger partial charge in [-0.3, -0.25) is 9.69 Å². The fourth-order valence-corrected chi connectivity index (χ4v) is 4.56. The summed E-state index contributed by atoms with van der Waals surface area (Å²) in [6.07, 6.45) is 2.13. The van der Waals surface area contributed by atoms with Gasteiger partial charge in [0.2, 0.25) is 5.91 Å². The number of amides is 1. The molecule has 0 aromatic heterocycles. The lowest BCUT2D eigenvalue weighted by molar-refractivity contribution is -0.121. The number of carbonyl (C=O) groups is 1. The van der Waals surface area contributed by atoms with Gasteiger partial charge < -0.3 is 15.2 Å². The van der Waals surface area contributed by atoms with Crippen LogP contribution in [0.3, 0.4) is 0 Å². The summed E-state index contributed by atoms with van der Waals surface area (Å²) in [5.41, 5.74) is 1.18. The molecule has 2 fully saturated rings. The van der Waals surface area contributed by atoms with E-state index in [0.29, 0.717) is 23.5 Å². The zero-order valence-corrected chi connectivity index (χ0v) is 16.3. The van der Waals surface area contributed by atoms with Crippen molar-refractivity contribution in [3.05, 3.63) is 28.8 Å². The number of nitrogens with one attached hydrogen (secondary N) is 1. The topological polar surface area (TPSA) is 61.8 Å². The molecule has 1 saturated carbocycles. The second kappa shape index (κ2) is 8.59. The molecule has 0 radical (unpaired) electrons. The van der Waals surface area contributed by atoms with Crippen LogP contribution in [0.15, 0.2) is 18.2 Å². The number of carbonyl (C=O) groups excluding carboxylic acids is 1. The number of aliphatic hydroxyl groups excluding tert-OH is 1. The molecular formula is C20H29ClN2O3.